The van der Waals surface area contributed by atoms with E-state index in [1.807, 2.05) is 0 Å². The van der Waals surface area contributed by atoms with Crippen LogP contribution < -0.4 is 5.73 Å². The Balaban J connectivity index is 2.33. The zero-order chi connectivity index (χ0) is 12.8. The van der Waals surface area contributed by atoms with Gasteiger partial charge in [-0.05, 0) is 24.0 Å². The zero-order valence-corrected chi connectivity index (χ0v) is 11.0. The van der Waals surface area contributed by atoms with E-state index in [2.05, 4.69) is 67.6 Å². The highest BCUT2D eigenvalue weighted by molar-refractivity contribution is 5.30. The van der Waals surface area contributed by atoms with Gasteiger partial charge in [-0.3, -0.25) is 0 Å². The molecule has 0 bridgehead atoms. The van der Waals surface area contributed by atoms with Crippen molar-refractivity contribution in [2.75, 3.05) is 6.54 Å². The molecule has 1 heteroatoms. The molecule has 18 heavy (non-hydrogen) atoms. The molecule has 0 fully saturated rings. The molecule has 0 aliphatic rings. The Morgan fingerprint density at radius 1 is 0.889 bits per heavy atom. The minimum Gasteiger partial charge on any atom is -0.330 e. The van der Waals surface area contributed by atoms with Gasteiger partial charge in [0.25, 0.3) is 0 Å². The van der Waals surface area contributed by atoms with Crippen molar-refractivity contribution in [3.63, 3.8) is 0 Å². The molecule has 0 saturated carbocycles. The predicted molar refractivity (Wildman–Crippen MR) is 77.6 cm³/mol. The highest BCUT2D eigenvalue weighted by atomic mass is 14.6. The average Bonchev–Trinajstić information content (AvgIpc) is 2.47. The lowest BCUT2D eigenvalue weighted by Crippen LogP contribution is -2.36. The molecule has 94 valence electrons. The standard InChI is InChI=1S/C17H21N/c1-2-17(14-18,16-11-7-4-8-12-16)13-15-9-5-3-6-10-15/h3-12H,2,13-14,18H2,1H3. The molecule has 0 aliphatic carbocycles. The molecular formula is C17H21N. The van der Waals surface area contributed by atoms with Gasteiger partial charge in [-0.15, -0.1) is 0 Å². The number of nitrogens with two attached hydrogens (primary N) is 1. The second-order valence-electron chi connectivity index (χ2n) is 4.87. The van der Waals surface area contributed by atoms with Crippen LogP contribution in [0.25, 0.3) is 0 Å². The van der Waals surface area contributed by atoms with E-state index in [0.717, 1.165) is 12.8 Å². The monoisotopic (exact) mass is 239 g/mol. The maximum absolute atomic E-state index is 6.10. The highest BCUT2D eigenvalue weighted by Crippen LogP contribution is 2.30. The van der Waals surface area contributed by atoms with Crippen molar-refractivity contribution in [2.24, 2.45) is 5.73 Å². The molecule has 2 aromatic rings. The maximum atomic E-state index is 6.10. The van der Waals surface area contributed by atoms with Gasteiger partial charge in [-0.1, -0.05) is 67.6 Å². The second kappa shape index (κ2) is 5.83. The van der Waals surface area contributed by atoms with E-state index < -0.39 is 0 Å². The van der Waals surface area contributed by atoms with Crippen LogP contribution in [0, 0.1) is 0 Å². The fraction of sp³-hybridized carbons (Fsp3) is 0.294. The van der Waals surface area contributed by atoms with Crippen LogP contribution in [0.3, 0.4) is 0 Å². The van der Waals surface area contributed by atoms with Gasteiger partial charge in [0.05, 0.1) is 0 Å². The van der Waals surface area contributed by atoms with Crippen molar-refractivity contribution in [2.45, 2.75) is 25.2 Å². The smallest absolute Gasteiger partial charge is 0.0113 e. The Morgan fingerprint density at radius 2 is 1.44 bits per heavy atom. The molecule has 0 heterocycles. The first-order valence-corrected chi connectivity index (χ1v) is 6.60. The summed E-state index contributed by atoms with van der Waals surface area (Å²) in [5, 5.41) is 0. The molecule has 0 aliphatic heterocycles. The number of rotatable bonds is 5. The normalized spacial score (nSPS) is 14.1. The van der Waals surface area contributed by atoms with Crippen LogP contribution in [0.15, 0.2) is 60.7 Å². The van der Waals surface area contributed by atoms with Crippen molar-refractivity contribution in [1.29, 1.82) is 0 Å². The Labute approximate surface area is 110 Å². The zero-order valence-electron chi connectivity index (χ0n) is 11.0. The third-order valence-electron chi connectivity index (χ3n) is 3.84. The second-order valence-corrected chi connectivity index (χ2v) is 4.87. The fourth-order valence-corrected chi connectivity index (χ4v) is 2.54. The van der Waals surface area contributed by atoms with Crippen LogP contribution >= 0.6 is 0 Å². The first kappa shape index (κ1) is 12.8. The van der Waals surface area contributed by atoms with Crippen molar-refractivity contribution < 1.29 is 0 Å². The lowest BCUT2D eigenvalue weighted by molar-refractivity contribution is 0.418. The lowest BCUT2D eigenvalue weighted by Gasteiger charge is -2.32. The summed E-state index contributed by atoms with van der Waals surface area (Å²) in [6.45, 7) is 2.91. The minimum atomic E-state index is 0.0581. The molecule has 0 radical (unpaired) electrons. The summed E-state index contributed by atoms with van der Waals surface area (Å²) in [5.74, 6) is 0. The van der Waals surface area contributed by atoms with Gasteiger partial charge < -0.3 is 5.73 Å². The van der Waals surface area contributed by atoms with Crippen molar-refractivity contribution in [3.05, 3.63) is 71.8 Å². The van der Waals surface area contributed by atoms with E-state index >= 15 is 0 Å². The molecule has 1 nitrogen and oxygen atoms in total. The first-order chi connectivity index (χ1) is 8.80. The molecule has 1 atom stereocenters. The topological polar surface area (TPSA) is 26.0 Å². The van der Waals surface area contributed by atoms with E-state index in [1.54, 1.807) is 0 Å². The summed E-state index contributed by atoms with van der Waals surface area (Å²) in [7, 11) is 0. The minimum absolute atomic E-state index is 0.0581. The third-order valence-corrected chi connectivity index (χ3v) is 3.84. The van der Waals surface area contributed by atoms with Crippen LogP contribution in [0.5, 0.6) is 0 Å². The Bertz CT molecular complexity index is 457. The molecule has 0 amide bonds. The van der Waals surface area contributed by atoms with E-state index in [4.69, 9.17) is 5.73 Å². The Hall–Kier alpha value is -1.60. The van der Waals surface area contributed by atoms with Gasteiger partial charge >= 0.3 is 0 Å². The van der Waals surface area contributed by atoms with Crippen LogP contribution in [-0.2, 0) is 11.8 Å². The Morgan fingerprint density at radius 3 is 1.94 bits per heavy atom. The number of benzene rings is 2. The summed E-state index contributed by atoms with van der Waals surface area (Å²) < 4.78 is 0. The molecular weight excluding hydrogens is 218 g/mol. The van der Waals surface area contributed by atoms with Gasteiger partial charge in [0.2, 0.25) is 0 Å². The fourth-order valence-electron chi connectivity index (χ4n) is 2.54. The molecule has 0 aromatic heterocycles. The lowest BCUT2D eigenvalue weighted by atomic mass is 9.73. The third kappa shape index (κ3) is 2.62. The van der Waals surface area contributed by atoms with Crippen LogP contribution in [-0.4, -0.2) is 6.54 Å². The summed E-state index contributed by atoms with van der Waals surface area (Å²) in [6, 6.07) is 21.3. The summed E-state index contributed by atoms with van der Waals surface area (Å²) in [5.41, 5.74) is 8.86. The molecule has 0 saturated heterocycles. The SMILES string of the molecule is CCC(CN)(Cc1ccccc1)c1ccccc1. The van der Waals surface area contributed by atoms with Crippen molar-refractivity contribution >= 4 is 0 Å². The summed E-state index contributed by atoms with van der Waals surface area (Å²) in [4.78, 5) is 0. The molecule has 0 spiro atoms. The van der Waals surface area contributed by atoms with Gasteiger partial charge in [0, 0.05) is 12.0 Å². The molecule has 2 aromatic carbocycles. The van der Waals surface area contributed by atoms with Crippen LogP contribution in [0.1, 0.15) is 24.5 Å². The number of hydrogen-bond donors (Lipinski definition) is 1. The summed E-state index contributed by atoms with van der Waals surface area (Å²) in [6.07, 6.45) is 2.06. The van der Waals surface area contributed by atoms with Gasteiger partial charge in [-0.2, -0.15) is 0 Å². The highest BCUT2D eigenvalue weighted by Gasteiger charge is 2.28. The maximum Gasteiger partial charge on any atom is 0.0113 e. The van der Waals surface area contributed by atoms with E-state index in [0.29, 0.717) is 6.54 Å². The van der Waals surface area contributed by atoms with Crippen molar-refractivity contribution in [3.8, 4) is 0 Å². The van der Waals surface area contributed by atoms with E-state index in [-0.39, 0.29) is 5.41 Å². The van der Waals surface area contributed by atoms with Crippen LogP contribution in [0.4, 0.5) is 0 Å². The Kier molecular flexibility index (Phi) is 4.16. The van der Waals surface area contributed by atoms with E-state index in [9.17, 15) is 0 Å². The van der Waals surface area contributed by atoms with Crippen LogP contribution in [0.2, 0.25) is 0 Å². The van der Waals surface area contributed by atoms with E-state index in [1.165, 1.54) is 11.1 Å². The quantitative estimate of drug-likeness (QED) is 0.848. The molecule has 2 rings (SSSR count). The largest absolute Gasteiger partial charge is 0.330 e. The summed E-state index contributed by atoms with van der Waals surface area (Å²) >= 11 is 0. The first-order valence-electron chi connectivity index (χ1n) is 6.60. The van der Waals surface area contributed by atoms with Gasteiger partial charge in [-0.25, -0.2) is 0 Å². The predicted octanol–water partition coefficient (Wildman–Crippen LogP) is 3.54. The number of hydrogen-bond acceptors (Lipinski definition) is 1. The molecule has 1 unspecified atom stereocenters. The van der Waals surface area contributed by atoms with Gasteiger partial charge in [0.1, 0.15) is 0 Å². The molecule has 2 N–H and O–H groups in total. The average molecular weight is 239 g/mol. The van der Waals surface area contributed by atoms with Gasteiger partial charge in [0.15, 0.2) is 0 Å². The van der Waals surface area contributed by atoms with Crippen molar-refractivity contribution in [1.82, 2.24) is 0 Å².